The van der Waals surface area contributed by atoms with E-state index >= 15 is 0 Å². The molecule has 0 saturated carbocycles. The number of aryl methyl sites for hydroxylation is 2. The molecule has 1 N–H and O–H groups in total. The molecule has 2 aromatic rings. The lowest BCUT2D eigenvalue weighted by Crippen LogP contribution is -2.24. The first-order chi connectivity index (χ1) is 14.1. The Kier molecular flexibility index (Phi) is 8.11. The van der Waals surface area contributed by atoms with Crippen LogP contribution in [0.2, 0.25) is 0 Å². The second-order valence-electron chi connectivity index (χ2n) is 7.20. The van der Waals surface area contributed by atoms with E-state index in [0.29, 0.717) is 42.1 Å². The predicted molar refractivity (Wildman–Crippen MR) is 110 cm³/mol. The van der Waals surface area contributed by atoms with Gasteiger partial charge in [-0.25, -0.2) is 0 Å². The van der Waals surface area contributed by atoms with Crippen LogP contribution in [-0.4, -0.2) is 44.3 Å². The summed E-state index contributed by atoms with van der Waals surface area (Å²) < 4.78 is 47.4. The fourth-order valence-electron chi connectivity index (χ4n) is 3.16. The van der Waals surface area contributed by atoms with Crippen LogP contribution in [0.25, 0.3) is 0 Å². The Balaban J connectivity index is 1.90. The van der Waals surface area contributed by atoms with Crippen molar-refractivity contribution in [2.75, 3.05) is 32.6 Å². The average molecular weight is 424 g/mol. The number of para-hydroxylation sites is 2. The van der Waals surface area contributed by atoms with Crippen molar-refractivity contribution in [3.05, 3.63) is 53.1 Å². The number of alkyl halides is 3. The van der Waals surface area contributed by atoms with Gasteiger partial charge in [-0.15, -0.1) is 0 Å². The number of carbonyl (C=O) groups excluding carboxylic acids is 1. The molecule has 0 aliphatic carbocycles. The van der Waals surface area contributed by atoms with Gasteiger partial charge in [-0.3, -0.25) is 4.79 Å². The van der Waals surface area contributed by atoms with E-state index in [2.05, 4.69) is 5.32 Å². The number of amides is 1. The lowest BCUT2D eigenvalue weighted by atomic mass is 10.1. The molecule has 0 unspecified atom stereocenters. The Bertz CT molecular complexity index is 846. The van der Waals surface area contributed by atoms with Gasteiger partial charge in [0, 0.05) is 19.5 Å². The van der Waals surface area contributed by atoms with E-state index in [1.54, 1.807) is 33.1 Å². The summed E-state index contributed by atoms with van der Waals surface area (Å²) >= 11 is 0. The number of nitrogens with zero attached hydrogens (tertiary/aromatic N) is 1. The monoisotopic (exact) mass is 424 g/mol. The standard InChI is InChI=1S/C22H27F3N2O3/c1-15-11-17(12-16(2)21(15)30-14-22(23,24)25)13-27(3)10-9-20(28)26-18-7-5-6-8-19(18)29-4/h5-8,11-12H,9-10,13-14H2,1-4H3,(H,26,28). The van der Waals surface area contributed by atoms with Crippen LogP contribution in [0.3, 0.4) is 0 Å². The minimum Gasteiger partial charge on any atom is -0.495 e. The first-order valence-electron chi connectivity index (χ1n) is 9.50. The number of anilines is 1. The maximum atomic E-state index is 12.4. The molecule has 0 aliphatic rings. The molecule has 0 aliphatic heterocycles. The molecule has 1 amide bonds. The van der Waals surface area contributed by atoms with Gasteiger partial charge in [0.25, 0.3) is 0 Å². The summed E-state index contributed by atoms with van der Waals surface area (Å²) in [6.45, 7) is 3.22. The van der Waals surface area contributed by atoms with Gasteiger partial charge in [0.1, 0.15) is 11.5 Å². The Morgan fingerprint density at radius 1 is 1.13 bits per heavy atom. The molecular weight excluding hydrogens is 397 g/mol. The first-order valence-corrected chi connectivity index (χ1v) is 9.50. The number of ether oxygens (including phenoxy) is 2. The highest BCUT2D eigenvalue weighted by Gasteiger charge is 2.29. The Labute approximate surface area is 174 Å². The molecule has 0 spiro atoms. The molecule has 0 heterocycles. The third-order valence-corrected chi connectivity index (χ3v) is 4.45. The first kappa shape index (κ1) is 23.5. The van der Waals surface area contributed by atoms with Crippen LogP contribution in [0.1, 0.15) is 23.1 Å². The van der Waals surface area contributed by atoms with Gasteiger partial charge in [0.15, 0.2) is 6.61 Å². The van der Waals surface area contributed by atoms with Gasteiger partial charge in [0.05, 0.1) is 12.8 Å². The molecule has 2 rings (SSSR count). The van der Waals surface area contributed by atoms with Crippen LogP contribution >= 0.6 is 0 Å². The summed E-state index contributed by atoms with van der Waals surface area (Å²) in [5, 5.41) is 2.83. The van der Waals surface area contributed by atoms with Crippen LogP contribution in [0.5, 0.6) is 11.5 Å². The number of hydrogen-bond acceptors (Lipinski definition) is 4. The molecule has 0 saturated heterocycles. The quantitative estimate of drug-likeness (QED) is 0.633. The molecule has 0 atom stereocenters. The largest absolute Gasteiger partial charge is 0.495 e. The highest BCUT2D eigenvalue weighted by atomic mass is 19.4. The van der Waals surface area contributed by atoms with E-state index in [1.807, 2.05) is 36.2 Å². The Hall–Kier alpha value is -2.74. The van der Waals surface area contributed by atoms with Crippen molar-refractivity contribution < 1.29 is 27.4 Å². The minimum absolute atomic E-state index is 0.130. The number of hydrogen-bond donors (Lipinski definition) is 1. The lowest BCUT2D eigenvalue weighted by molar-refractivity contribution is -0.153. The summed E-state index contributed by atoms with van der Waals surface area (Å²) in [7, 11) is 3.43. The third kappa shape index (κ3) is 7.26. The van der Waals surface area contributed by atoms with Crippen LogP contribution in [0, 0.1) is 13.8 Å². The minimum atomic E-state index is -4.37. The van der Waals surface area contributed by atoms with Crippen LogP contribution in [0.4, 0.5) is 18.9 Å². The van der Waals surface area contributed by atoms with E-state index < -0.39 is 12.8 Å². The zero-order valence-electron chi connectivity index (χ0n) is 17.6. The van der Waals surface area contributed by atoms with E-state index in [-0.39, 0.29) is 11.7 Å². The van der Waals surface area contributed by atoms with Crippen molar-refractivity contribution in [3.63, 3.8) is 0 Å². The van der Waals surface area contributed by atoms with E-state index in [0.717, 1.165) is 5.56 Å². The smallest absolute Gasteiger partial charge is 0.422 e. The van der Waals surface area contributed by atoms with Crippen molar-refractivity contribution in [3.8, 4) is 11.5 Å². The van der Waals surface area contributed by atoms with Crippen LogP contribution in [0.15, 0.2) is 36.4 Å². The van der Waals surface area contributed by atoms with Crippen LogP contribution in [-0.2, 0) is 11.3 Å². The van der Waals surface area contributed by atoms with E-state index in [9.17, 15) is 18.0 Å². The second kappa shape index (κ2) is 10.3. The van der Waals surface area contributed by atoms with Crippen molar-refractivity contribution in [2.45, 2.75) is 33.0 Å². The SMILES string of the molecule is COc1ccccc1NC(=O)CCN(C)Cc1cc(C)c(OCC(F)(F)F)c(C)c1. The van der Waals surface area contributed by atoms with Crippen molar-refractivity contribution >= 4 is 11.6 Å². The highest BCUT2D eigenvalue weighted by Crippen LogP contribution is 2.28. The number of methoxy groups -OCH3 is 1. The molecule has 164 valence electrons. The number of rotatable bonds is 9. The molecule has 0 bridgehead atoms. The third-order valence-electron chi connectivity index (χ3n) is 4.45. The second-order valence-corrected chi connectivity index (χ2v) is 7.20. The number of carbonyl (C=O) groups is 1. The van der Waals surface area contributed by atoms with Gasteiger partial charge in [-0.2, -0.15) is 13.2 Å². The molecule has 8 heteroatoms. The van der Waals surface area contributed by atoms with E-state index in [4.69, 9.17) is 9.47 Å². The number of benzene rings is 2. The van der Waals surface area contributed by atoms with Gasteiger partial charge in [-0.1, -0.05) is 24.3 Å². The normalized spacial score (nSPS) is 11.5. The summed E-state index contributed by atoms with van der Waals surface area (Å²) in [6, 6.07) is 10.8. The fraction of sp³-hybridized carbons (Fsp3) is 0.409. The Morgan fingerprint density at radius 2 is 1.77 bits per heavy atom. The average Bonchev–Trinajstić information content (AvgIpc) is 2.65. The zero-order valence-corrected chi connectivity index (χ0v) is 17.6. The Morgan fingerprint density at radius 3 is 2.37 bits per heavy atom. The maximum absolute atomic E-state index is 12.4. The predicted octanol–water partition coefficient (Wildman–Crippen LogP) is 4.71. The summed E-state index contributed by atoms with van der Waals surface area (Å²) in [5.41, 5.74) is 2.86. The van der Waals surface area contributed by atoms with Gasteiger partial charge >= 0.3 is 6.18 Å². The summed E-state index contributed by atoms with van der Waals surface area (Å²) in [4.78, 5) is 14.2. The summed E-state index contributed by atoms with van der Waals surface area (Å²) in [5.74, 6) is 0.725. The molecule has 0 fully saturated rings. The molecule has 0 radical (unpaired) electrons. The lowest BCUT2D eigenvalue weighted by Gasteiger charge is -2.19. The molecule has 2 aromatic carbocycles. The maximum Gasteiger partial charge on any atom is 0.422 e. The van der Waals surface area contributed by atoms with Crippen molar-refractivity contribution in [2.24, 2.45) is 0 Å². The molecule has 0 aromatic heterocycles. The zero-order chi connectivity index (χ0) is 22.3. The molecule has 30 heavy (non-hydrogen) atoms. The van der Waals surface area contributed by atoms with E-state index in [1.165, 1.54) is 0 Å². The van der Waals surface area contributed by atoms with Crippen LogP contribution < -0.4 is 14.8 Å². The van der Waals surface area contributed by atoms with Gasteiger partial charge in [0.2, 0.25) is 5.91 Å². The topological polar surface area (TPSA) is 50.8 Å². The summed E-state index contributed by atoms with van der Waals surface area (Å²) in [6.07, 6.45) is -4.08. The fourth-order valence-corrected chi connectivity index (χ4v) is 3.16. The molecule has 5 nitrogen and oxygen atoms in total. The van der Waals surface area contributed by atoms with Gasteiger partial charge < -0.3 is 19.7 Å². The molecular formula is C22H27F3N2O3. The highest BCUT2D eigenvalue weighted by molar-refractivity contribution is 5.92. The van der Waals surface area contributed by atoms with Crippen molar-refractivity contribution in [1.82, 2.24) is 4.90 Å². The number of nitrogens with one attached hydrogen (secondary N) is 1. The number of halogens is 3. The van der Waals surface area contributed by atoms with Gasteiger partial charge in [-0.05, 0) is 49.7 Å². The van der Waals surface area contributed by atoms with Crippen molar-refractivity contribution in [1.29, 1.82) is 0 Å².